The van der Waals surface area contributed by atoms with Crippen LogP contribution >= 0.6 is 34.8 Å². The highest BCUT2D eigenvalue weighted by Gasteiger charge is 2.27. The molecule has 0 bridgehead atoms. The van der Waals surface area contributed by atoms with E-state index in [2.05, 4.69) is 10.5 Å². The van der Waals surface area contributed by atoms with Crippen molar-refractivity contribution in [2.24, 2.45) is 5.10 Å². The van der Waals surface area contributed by atoms with E-state index in [4.69, 9.17) is 34.8 Å². The van der Waals surface area contributed by atoms with Crippen molar-refractivity contribution in [3.8, 4) is 5.69 Å². The molecule has 7 nitrogen and oxygen atoms in total. The molecular weight excluding hydrogens is 591 g/mol. The summed E-state index contributed by atoms with van der Waals surface area (Å²) in [4.78, 5) is 13.0. The minimum atomic E-state index is -4.08. The molecule has 208 valence electrons. The van der Waals surface area contributed by atoms with Crippen LogP contribution in [-0.4, -0.2) is 31.7 Å². The number of benzene rings is 3. The lowest BCUT2D eigenvalue weighted by molar-refractivity contribution is -0.119. The summed E-state index contributed by atoms with van der Waals surface area (Å²) < 4.78 is 30.1. The number of aromatic nitrogens is 1. The molecule has 1 N–H and O–H groups in total. The Morgan fingerprint density at radius 3 is 2.27 bits per heavy atom. The van der Waals surface area contributed by atoms with Crippen molar-refractivity contribution in [1.29, 1.82) is 0 Å². The van der Waals surface area contributed by atoms with Crippen molar-refractivity contribution in [1.82, 2.24) is 9.99 Å². The number of anilines is 1. The molecule has 1 amide bonds. The minimum Gasteiger partial charge on any atom is -0.316 e. The first-order valence-corrected chi connectivity index (χ1v) is 14.8. The van der Waals surface area contributed by atoms with Gasteiger partial charge in [-0.05, 0) is 81.8 Å². The van der Waals surface area contributed by atoms with Gasteiger partial charge in [0.2, 0.25) is 0 Å². The lowest BCUT2D eigenvalue weighted by Gasteiger charge is -2.24. The van der Waals surface area contributed by atoms with Crippen LogP contribution in [0.3, 0.4) is 0 Å². The highest BCUT2D eigenvalue weighted by molar-refractivity contribution is 7.92. The van der Waals surface area contributed by atoms with Crippen LogP contribution in [0.25, 0.3) is 5.69 Å². The largest absolute Gasteiger partial charge is 0.316 e. The number of sulfonamides is 1. The molecule has 0 saturated heterocycles. The summed E-state index contributed by atoms with van der Waals surface area (Å²) >= 11 is 18.7. The Morgan fingerprint density at radius 1 is 0.925 bits per heavy atom. The summed E-state index contributed by atoms with van der Waals surface area (Å²) in [5.74, 6) is -0.627. The van der Waals surface area contributed by atoms with E-state index in [9.17, 15) is 13.2 Å². The van der Waals surface area contributed by atoms with E-state index in [0.717, 1.165) is 38.1 Å². The molecular formula is C29H27Cl3N4O3S. The molecule has 11 heteroatoms. The van der Waals surface area contributed by atoms with Crippen LogP contribution in [0.2, 0.25) is 15.1 Å². The number of nitrogens with zero attached hydrogens (tertiary/aromatic N) is 3. The average molecular weight is 618 g/mol. The van der Waals surface area contributed by atoms with Gasteiger partial charge in [0.05, 0.1) is 27.5 Å². The quantitative estimate of drug-likeness (QED) is 0.170. The molecule has 4 aromatic rings. The summed E-state index contributed by atoms with van der Waals surface area (Å²) in [7, 11) is -4.08. The van der Waals surface area contributed by atoms with Gasteiger partial charge in [0.15, 0.2) is 0 Å². The third kappa shape index (κ3) is 6.36. The zero-order valence-corrected chi connectivity index (χ0v) is 25.3. The predicted molar refractivity (Wildman–Crippen MR) is 163 cm³/mol. The summed E-state index contributed by atoms with van der Waals surface area (Å²) in [6.07, 6.45) is 1.50. The third-order valence-corrected chi connectivity index (χ3v) is 9.09. The molecule has 1 heterocycles. The monoisotopic (exact) mass is 616 g/mol. The molecule has 0 atom stereocenters. The molecule has 0 saturated carbocycles. The first kappa shape index (κ1) is 29.7. The number of aryl methyl sites for hydroxylation is 3. The Kier molecular flexibility index (Phi) is 8.95. The Morgan fingerprint density at radius 2 is 1.62 bits per heavy atom. The van der Waals surface area contributed by atoms with E-state index in [0.29, 0.717) is 15.1 Å². The minimum absolute atomic E-state index is 0.0550. The summed E-state index contributed by atoms with van der Waals surface area (Å²) in [5.41, 5.74) is 7.66. The van der Waals surface area contributed by atoms with Crippen molar-refractivity contribution < 1.29 is 13.2 Å². The first-order valence-electron chi connectivity index (χ1n) is 12.2. The van der Waals surface area contributed by atoms with Gasteiger partial charge in [-0.15, -0.1) is 0 Å². The molecule has 0 fully saturated rings. The average Bonchev–Trinajstić information content (AvgIpc) is 3.17. The highest BCUT2D eigenvalue weighted by atomic mass is 35.5. The highest BCUT2D eigenvalue weighted by Crippen LogP contribution is 2.29. The lowest BCUT2D eigenvalue weighted by Crippen LogP contribution is -2.39. The molecule has 4 rings (SSSR count). The van der Waals surface area contributed by atoms with Gasteiger partial charge in [-0.3, -0.25) is 9.10 Å². The number of halogens is 3. The number of hydrazone groups is 1. The number of amides is 1. The number of nitrogens with one attached hydrogen (secondary N) is 1. The molecule has 40 heavy (non-hydrogen) atoms. The van der Waals surface area contributed by atoms with Crippen LogP contribution in [0, 0.1) is 27.7 Å². The van der Waals surface area contributed by atoms with E-state index in [-0.39, 0.29) is 10.6 Å². The van der Waals surface area contributed by atoms with Crippen molar-refractivity contribution in [2.75, 3.05) is 10.8 Å². The second-order valence-electron chi connectivity index (χ2n) is 9.31. The summed E-state index contributed by atoms with van der Waals surface area (Å²) in [6, 6.07) is 18.4. The van der Waals surface area contributed by atoms with E-state index in [1.165, 1.54) is 24.4 Å². The van der Waals surface area contributed by atoms with Crippen LogP contribution in [-0.2, 0) is 14.8 Å². The second-order valence-corrected chi connectivity index (χ2v) is 12.4. The zero-order valence-electron chi connectivity index (χ0n) is 22.2. The number of carbonyl (C=O) groups excluding carboxylic acids is 1. The van der Waals surface area contributed by atoms with Crippen molar-refractivity contribution in [3.63, 3.8) is 0 Å². The molecule has 0 spiro atoms. The van der Waals surface area contributed by atoms with Crippen LogP contribution in [0.4, 0.5) is 5.69 Å². The maximum Gasteiger partial charge on any atom is 0.264 e. The van der Waals surface area contributed by atoms with Crippen molar-refractivity contribution >= 4 is 62.6 Å². The van der Waals surface area contributed by atoms with Crippen LogP contribution < -0.4 is 9.73 Å². The maximum absolute atomic E-state index is 13.6. The molecule has 1 aromatic heterocycles. The van der Waals surface area contributed by atoms with Crippen LogP contribution in [0.1, 0.15) is 28.1 Å². The smallest absolute Gasteiger partial charge is 0.264 e. The van der Waals surface area contributed by atoms with Gasteiger partial charge in [-0.2, -0.15) is 5.10 Å². The lowest BCUT2D eigenvalue weighted by atomic mass is 10.2. The van der Waals surface area contributed by atoms with E-state index in [1.807, 2.05) is 44.4 Å². The Bertz CT molecular complexity index is 1720. The van der Waals surface area contributed by atoms with Crippen LogP contribution in [0.15, 0.2) is 76.7 Å². The van der Waals surface area contributed by atoms with Gasteiger partial charge in [0, 0.05) is 27.0 Å². The Labute approximate surface area is 249 Å². The van der Waals surface area contributed by atoms with Crippen molar-refractivity contribution in [2.45, 2.75) is 32.6 Å². The normalized spacial score (nSPS) is 11.7. The Hall–Kier alpha value is -3.30. The standard InChI is InChI=1S/C29H27Cl3N4O3S/c1-18-5-10-25(11-6-18)40(38,39)35(24-9-7-19(2)26(31)15-24)17-29(37)34-33-16-22-13-20(3)36(21(22)4)28-12-8-23(30)14-27(28)32/h5-16H,17H2,1-4H3,(H,34,37)/b33-16-. The molecule has 0 aliphatic rings. The SMILES string of the molecule is Cc1ccc(S(=O)(=O)N(CC(=O)N/N=C\c2cc(C)n(-c3ccc(Cl)cc3Cl)c2C)c2ccc(C)c(Cl)c2)cc1. The topological polar surface area (TPSA) is 83.8 Å². The molecule has 0 aliphatic carbocycles. The van der Waals surface area contributed by atoms with Gasteiger partial charge in [-0.25, -0.2) is 13.8 Å². The number of hydrogen-bond acceptors (Lipinski definition) is 4. The fourth-order valence-electron chi connectivity index (χ4n) is 4.18. The van der Waals surface area contributed by atoms with E-state index in [1.54, 1.807) is 36.4 Å². The molecule has 0 unspecified atom stereocenters. The van der Waals surface area contributed by atoms with Gasteiger partial charge in [0.1, 0.15) is 6.54 Å². The number of carbonyl (C=O) groups is 1. The first-order chi connectivity index (χ1) is 18.9. The number of hydrogen-bond donors (Lipinski definition) is 1. The molecule has 0 aliphatic heterocycles. The second kappa shape index (κ2) is 12.1. The predicted octanol–water partition coefficient (Wildman–Crippen LogP) is 7.02. The van der Waals surface area contributed by atoms with Crippen molar-refractivity contribution in [3.05, 3.63) is 110 Å². The fraction of sp³-hybridized carbons (Fsp3) is 0.172. The molecule has 0 radical (unpaired) electrons. The summed E-state index contributed by atoms with van der Waals surface area (Å²) in [6.45, 7) is 6.99. The summed E-state index contributed by atoms with van der Waals surface area (Å²) in [5, 5.41) is 5.51. The number of rotatable bonds is 8. The van der Waals surface area contributed by atoms with E-state index < -0.39 is 22.5 Å². The van der Waals surface area contributed by atoms with E-state index >= 15 is 0 Å². The third-order valence-electron chi connectivity index (χ3n) is 6.35. The van der Waals surface area contributed by atoms with Crippen LogP contribution in [0.5, 0.6) is 0 Å². The van der Waals surface area contributed by atoms with Gasteiger partial charge in [0.25, 0.3) is 15.9 Å². The van der Waals surface area contributed by atoms with Gasteiger partial charge >= 0.3 is 0 Å². The molecule has 3 aromatic carbocycles. The zero-order chi connectivity index (χ0) is 29.2. The van der Waals surface area contributed by atoms with Gasteiger partial charge < -0.3 is 4.57 Å². The van der Waals surface area contributed by atoms with Gasteiger partial charge in [-0.1, -0.05) is 58.6 Å². The fourth-order valence-corrected chi connectivity index (χ4v) is 6.26. The maximum atomic E-state index is 13.6. The Balaban J connectivity index is 1.58.